The number of benzene rings is 1. The number of aliphatic hydroxyl groups excluding tert-OH is 1. The largest absolute Gasteiger partial charge is 0.491 e. The Morgan fingerprint density at radius 3 is 2.79 bits per heavy atom. The molecule has 9 nitrogen and oxygen atoms in total. The lowest BCUT2D eigenvalue weighted by atomic mass is 9.88. The van der Waals surface area contributed by atoms with E-state index in [0.717, 1.165) is 32.2 Å². The minimum Gasteiger partial charge on any atom is -0.491 e. The van der Waals surface area contributed by atoms with Gasteiger partial charge in [-0.15, -0.1) is 0 Å². The number of nitrogens with zero attached hydrogens (tertiary/aromatic N) is 1. The van der Waals surface area contributed by atoms with Crippen molar-refractivity contribution in [3.63, 3.8) is 0 Å². The Morgan fingerprint density at radius 1 is 1.41 bits per heavy atom. The molecule has 1 amide bonds. The summed E-state index contributed by atoms with van der Waals surface area (Å²) in [6.45, 7) is 1.75. The third-order valence-electron chi connectivity index (χ3n) is 5.47. The molecular weight excluding hydrogens is 400 g/mol. The van der Waals surface area contributed by atoms with Crippen molar-refractivity contribution < 1.29 is 32.9 Å². The third kappa shape index (κ3) is 5.59. The van der Waals surface area contributed by atoms with E-state index >= 15 is 0 Å². The van der Waals surface area contributed by atoms with Crippen molar-refractivity contribution in [2.24, 2.45) is 0 Å². The maximum Gasteiger partial charge on any atom is 0.407 e. The van der Waals surface area contributed by atoms with Crippen LogP contribution in [0.3, 0.4) is 0 Å². The Kier molecular flexibility index (Phi) is 6.67. The van der Waals surface area contributed by atoms with Gasteiger partial charge in [-0.25, -0.2) is 13.2 Å². The van der Waals surface area contributed by atoms with Crippen molar-refractivity contribution in [1.82, 2.24) is 10.2 Å². The summed E-state index contributed by atoms with van der Waals surface area (Å²) in [7, 11) is -3.37. The molecule has 2 heterocycles. The summed E-state index contributed by atoms with van der Waals surface area (Å²) in [4.78, 5) is 13.1. The average Bonchev–Trinajstić information content (AvgIpc) is 3.07. The van der Waals surface area contributed by atoms with Gasteiger partial charge < -0.3 is 29.9 Å². The van der Waals surface area contributed by atoms with E-state index in [4.69, 9.17) is 9.47 Å². The zero-order chi connectivity index (χ0) is 21.1. The van der Waals surface area contributed by atoms with E-state index in [0.29, 0.717) is 18.8 Å². The molecule has 3 N–H and O–H groups in total. The fourth-order valence-corrected chi connectivity index (χ4v) is 4.56. The topological polar surface area (TPSA) is 125 Å². The normalized spacial score (nSPS) is 22.3. The predicted octanol–water partition coefficient (Wildman–Crippen LogP) is 0.721. The van der Waals surface area contributed by atoms with Gasteiger partial charge in [0, 0.05) is 6.26 Å². The van der Waals surface area contributed by atoms with E-state index in [1.54, 1.807) is 12.1 Å². The number of carbonyl (C=O) groups is 1. The molecule has 2 saturated heterocycles. The van der Waals surface area contributed by atoms with Gasteiger partial charge in [-0.05, 0) is 50.6 Å². The quantitative estimate of drug-likeness (QED) is 0.580. The standard InChI is InChI=1S/C19H28N2O7S/c1-29(25,26)17-4-2-3-16(9-17)27-13-15(22)11-21(18(23)24)14-10-19(28-12-14)5-7-20-8-6-19/h2-4,9,14-15,20,22H,5-8,10-13H2,1H3,(H,23,24)/t14-,15+/m0/s1. The smallest absolute Gasteiger partial charge is 0.407 e. The van der Waals surface area contributed by atoms with Crippen LogP contribution in [0.5, 0.6) is 5.75 Å². The molecule has 0 aliphatic carbocycles. The van der Waals surface area contributed by atoms with E-state index in [2.05, 4.69) is 5.32 Å². The molecule has 1 spiro atoms. The molecule has 0 bridgehead atoms. The first-order valence-electron chi connectivity index (χ1n) is 9.64. The molecule has 10 heteroatoms. The second kappa shape index (κ2) is 8.86. The molecule has 3 rings (SSSR count). The number of sulfone groups is 1. The maximum atomic E-state index is 11.8. The number of hydrogen-bond donors (Lipinski definition) is 3. The van der Waals surface area contributed by atoms with Crippen LogP contribution in [0.4, 0.5) is 4.79 Å². The predicted molar refractivity (Wildman–Crippen MR) is 105 cm³/mol. The Balaban J connectivity index is 1.56. The highest BCUT2D eigenvalue weighted by Gasteiger charge is 2.44. The van der Waals surface area contributed by atoms with Crippen LogP contribution in [0.15, 0.2) is 29.2 Å². The second-order valence-electron chi connectivity index (χ2n) is 7.75. The van der Waals surface area contributed by atoms with Crippen molar-refractivity contribution in [3.05, 3.63) is 24.3 Å². The molecular formula is C19H28N2O7S. The van der Waals surface area contributed by atoms with Crippen LogP contribution in [-0.2, 0) is 14.6 Å². The summed E-state index contributed by atoms with van der Waals surface area (Å²) in [6.07, 6.45) is 1.24. The lowest BCUT2D eigenvalue weighted by Crippen LogP contribution is -2.47. The van der Waals surface area contributed by atoms with E-state index in [1.165, 1.54) is 17.0 Å². The Bertz CT molecular complexity index is 824. The SMILES string of the molecule is CS(=O)(=O)c1cccc(OC[C@H](O)CN(C(=O)O)[C@@H]2COC3(CCNCC3)C2)c1. The van der Waals surface area contributed by atoms with Gasteiger partial charge in [-0.1, -0.05) is 6.07 Å². The number of ether oxygens (including phenoxy) is 2. The summed E-state index contributed by atoms with van der Waals surface area (Å²) in [5, 5.41) is 23.2. The summed E-state index contributed by atoms with van der Waals surface area (Å²) >= 11 is 0. The first-order valence-corrected chi connectivity index (χ1v) is 11.5. The number of piperidine rings is 1. The van der Waals surface area contributed by atoms with Crippen LogP contribution in [0.25, 0.3) is 0 Å². The van der Waals surface area contributed by atoms with Gasteiger partial charge in [0.15, 0.2) is 9.84 Å². The Hall–Kier alpha value is -1.88. The summed E-state index contributed by atoms with van der Waals surface area (Å²) in [6, 6.07) is 5.66. The van der Waals surface area contributed by atoms with Crippen LogP contribution in [-0.4, -0.2) is 86.5 Å². The van der Waals surface area contributed by atoms with Crippen LogP contribution in [0.2, 0.25) is 0 Å². The summed E-state index contributed by atoms with van der Waals surface area (Å²) < 4.78 is 34.7. The van der Waals surface area contributed by atoms with E-state index in [-0.39, 0.29) is 29.7 Å². The first kappa shape index (κ1) is 21.8. The molecule has 2 atom stereocenters. The number of aliphatic hydroxyl groups is 1. The van der Waals surface area contributed by atoms with E-state index in [1.807, 2.05) is 0 Å². The van der Waals surface area contributed by atoms with E-state index in [9.17, 15) is 23.4 Å². The minimum atomic E-state index is -3.37. The van der Waals surface area contributed by atoms with Crippen LogP contribution >= 0.6 is 0 Å². The monoisotopic (exact) mass is 428 g/mol. The molecule has 0 unspecified atom stereocenters. The van der Waals surface area contributed by atoms with E-state index < -0.39 is 22.0 Å². The van der Waals surface area contributed by atoms with Crippen molar-refractivity contribution in [1.29, 1.82) is 0 Å². The van der Waals surface area contributed by atoms with Crippen LogP contribution in [0.1, 0.15) is 19.3 Å². The van der Waals surface area contributed by atoms with Gasteiger partial charge in [0.2, 0.25) is 0 Å². The first-order chi connectivity index (χ1) is 13.7. The van der Waals surface area contributed by atoms with Crippen LogP contribution < -0.4 is 10.1 Å². The number of rotatable bonds is 7. The molecule has 0 aromatic heterocycles. The minimum absolute atomic E-state index is 0.108. The summed E-state index contributed by atoms with van der Waals surface area (Å²) in [5.74, 6) is 0.298. The highest BCUT2D eigenvalue weighted by atomic mass is 32.2. The highest BCUT2D eigenvalue weighted by Crippen LogP contribution is 2.36. The molecule has 29 heavy (non-hydrogen) atoms. The van der Waals surface area contributed by atoms with Crippen molar-refractivity contribution in [2.45, 2.75) is 41.9 Å². The van der Waals surface area contributed by atoms with Gasteiger partial charge in [0.1, 0.15) is 18.5 Å². The van der Waals surface area contributed by atoms with Gasteiger partial charge in [-0.2, -0.15) is 0 Å². The molecule has 0 saturated carbocycles. The van der Waals surface area contributed by atoms with Crippen molar-refractivity contribution >= 4 is 15.9 Å². The lowest BCUT2D eigenvalue weighted by Gasteiger charge is -2.34. The zero-order valence-corrected chi connectivity index (χ0v) is 17.2. The Labute approximate surface area is 170 Å². The highest BCUT2D eigenvalue weighted by molar-refractivity contribution is 7.90. The van der Waals surface area contributed by atoms with Gasteiger partial charge in [-0.3, -0.25) is 0 Å². The lowest BCUT2D eigenvalue weighted by molar-refractivity contribution is -0.0205. The molecule has 2 aliphatic heterocycles. The average molecular weight is 429 g/mol. The van der Waals surface area contributed by atoms with Crippen molar-refractivity contribution in [3.8, 4) is 5.75 Å². The molecule has 2 fully saturated rings. The van der Waals surface area contributed by atoms with Gasteiger partial charge >= 0.3 is 6.09 Å². The fourth-order valence-electron chi connectivity index (χ4n) is 3.90. The molecule has 0 radical (unpaired) electrons. The molecule has 2 aliphatic rings. The second-order valence-corrected chi connectivity index (χ2v) is 9.76. The van der Waals surface area contributed by atoms with Gasteiger partial charge in [0.25, 0.3) is 0 Å². The fraction of sp³-hybridized carbons (Fsp3) is 0.632. The van der Waals surface area contributed by atoms with Crippen molar-refractivity contribution in [2.75, 3.05) is 39.1 Å². The van der Waals surface area contributed by atoms with Crippen LogP contribution in [0, 0.1) is 0 Å². The number of hydrogen-bond acceptors (Lipinski definition) is 7. The maximum absolute atomic E-state index is 11.8. The third-order valence-corrected chi connectivity index (χ3v) is 6.58. The Morgan fingerprint density at radius 2 is 2.14 bits per heavy atom. The molecule has 162 valence electrons. The molecule has 1 aromatic rings. The number of nitrogens with one attached hydrogen (secondary N) is 1. The number of amides is 1. The van der Waals surface area contributed by atoms with Gasteiger partial charge in [0.05, 0.1) is 29.7 Å². The number of carboxylic acid groups (broad SMARTS) is 1. The summed E-state index contributed by atoms with van der Waals surface area (Å²) in [5.41, 5.74) is -0.281. The molecule has 1 aromatic carbocycles. The zero-order valence-electron chi connectivity index (χ0n) is 16.4.